The number of sulfonamides is 1. The maximum Gasteiger partial charge on any atom is 0.223 e. The molecule has 0 bridgehead atoms. The van der Waals surface area contributed by atoms with Crippen LogP contribution in [0.2, 0.25) is 0 Å². The summed E-state index contributed by atoms with van der Waals surface area (Å²) < 4.78 is 25.6. The van der Waals surface area contributed by atoms with E-state index in [1.807, 2.05) is 12.3 Å². The second-order valence-corrected chi connectivity index (χ2v) is 9.81. The fraction of sp³-hybridized carbons (Fsp3) is 0.632. The Labute approximate surface area is 166 Å². The summed E-state index contributed by atoms with van der Waals surface area (Å²) in [6.45, 7) is 0. The predicted molar refractivity (Wildman–Crippen MR) is 108 cm³/mol. The third kappa shape index (κ3) is 4.70. The van der Waals surface area contributed by atoms with Crippen LogP contribution in [0.4, 0.5) is 5.95 Å². The van der Waals surface area contributed by atoms with E-state index in [1.165, 1.54) is 31.9 Å². The van der Waals surface area contributed by atoms with Crippen LogP contribution in [0, 0.1) is 0 Å². The molecule has 0 aromatic carbocycles. The summed E-state index contributed by atoms with van der Waals surface area (Å²) in [5, 5.41) is 10.9. The fourth-order valence-electron chi connectivity index (χ4n) is 4.45. The lowest BCUT2D eigenvalue weighted by molar-refractivity contribution is 0.370. The minimum Gasteiger partial charge on any atom is -0.351 e. The monoisotopic (exact) mass is 404 g/mol. The number of nitrogens with one attached hydrogen (secondary N) is 3. The fourth-order valence-corrected chi connectivity index (χ4v) is 5.29. The van der Waals surface area contributed by atoms with Crippen molar-refractivity contribution in [2.24, 2.45) is 0 Å². The third-order valence-electron chi connectivity index (χ3n) is 5.80. The van der Waals surface area contributed by atoms with Gasteiger partial charge in [-0.15, -0.1) is 0 Å². The maximum absolute atomic E-state index is 11.5. The highest BCUT2D eigenvalue weighted by atomic mass is 32.2. The van der Waals surface area contributed by atoms with E-state index in [1.54, 1.807) is 6.20 Å². The number of anilines is 1. The van der Waals surface area contributed by atoms with Crippen LogP contribution < -0.4 is 10.0 Å². The Hall–Kier alpha value is -2.00. The van der Waals surface area contributed by atoms with E-state index in [-0.39, 0.29) is 6.04 Å². The van der Waals surface area contributed by atoms with Crippen molar-refractivity contribution in [3.8, 4) is 11.3 Å². The van der Waals surface area contributed by atoms with Gasteiger partial charge in [0.25, 0.3) is 0 Å². The van der Waals surface area contributed by atoms with Crippen LogP contribution in [-0.4, -0.2) is 46.9 Å². The largest absolute Gasteiger partial charge is 0.351 e. The van der Waals surface area contributed by atoms with E-state index in [4.69, 9.17) is 4.98 Å². The Morgan fingerprint density at radius 3 is 2.54 bits per heavy atom. The summed E-state index contributed by atoms with van der Waals surface area (Å²) in [7, 11) is -3.16. The molecule has 9 heteroatoms. The zero-order valence-corrected chi connectivity index (χ0v) is 17.0. The van der Waals surface area contributed by atoms with E-state index in [0.717, 1.165) is 42.6 Å². The minimum atomic E-state index is -3.16. The summed E-state index contributed by atoms with van der Waals surface area (Å²) in [6.07, 6.45) is 13.2. The Morgan fingerprint density at radius 1 is 1.07 bits per heavy atom. The molecule has 152 valence electrons. The molecule has 2 heterocycles. The van der Waals surface area contributed by atoms with Crippen LogP contribution in [0.1, 0.15) is 63.0 Å². The molecular weight excluding hydrogens is 376 g/mol. The van der Waals surface area contributed by atoms with Crippen LogP contribution in [-0.2, 0) is 10.0 Å². The highest BCUT2D eigenvalue weighted by molar-refractivity contribution is 7.88. The molecular formula is C19H28N6O2S. The normalized spacial score (nSPS) is 23.8. The molecule has 28 heavy (non-hydrogen) atoms. The molecule has 8 nitrogen and oxygen atoms in total. The van der Waals surface area contributed by atoms with Gasteiger partial charge in [0.2, 0.25) is 16.0 Å². The quantitative estimate of drug-likeness (QED) is 0.682. The van der Waals surface area contributed by atoms with Gasteiger partial charge in [-0.05, 0) is 44.6 Å². The molecule has 0 saturated heterocycles. The second-order valence-electron chi connectivity index (χ2n) is 8.03. The molecule has 2 aromatic heterocycles. The van der Waals surface area contributed by atoms with E-state index in [9.17, 15) is 8.42 Å². The van der Waals surface area contributed by atoms with Crippen molar-refractivity contribution >= 4 is 16.0 Å². The molecule has 3 N–H and O–H groups in total. The van der Waals surface area contributed by atoms with E-state index < -0.39 is 10.0 Å². The van der Waals surface area contributed by atoms with E-state index in [0.29, 0.717) is 17.9 Å². The van der Waals surface area contributed by atoms with E-state index in [2.05, 4.69) is 25.2 Å². The van der Waals surface area contributed by atoms with Gasteiger partial charge in [0.05, 0.1) is 18.1 Å². The van der Waals surface area contributed by atoms with Gasteiger partial charge in [-0.2, -0.15) is 5.10 Å². The average molecular weight is 405 g/mol. The SMILES string of the molecule is CS(=O)(=O)NC1CCC(c2[nH]ncc2-c2ccnc(NC3CCCC3)n2)CC1. The molecule has 0 aliphatic heterocycles. The van der Waals surface area contributed by atoms with Crippen molar-refractivity contribution in [1.82, 2.24) is 24.9 Å². The number of aromatic amines is 1. The van der Waals surface area contributed by atoms with Crippen molar-refractivity contribution in [1.29, 1.82) is 0 Å². The lowest BCUT2D eigenvalue weighted by atomic mass is 9.83. The Morgan fingerprint density at radius 2 is 1.82 bits per heavy atom. The predicted octanol–water partition coefficient (Wildman–Crippen LogP) is 2.80. The van der Waals surface area contributed by atoms with Crippen LogP contribution in [0.25, 0.3) is 11.3 Å². The molecule has 2 aliphatic carbocycles. The molecule has 0 radical (unpaired) electrons. The van der Waals surface area contributed by atoms with Crippen molar-refractivity contribution < 1.29 is 8.42 Å². The first-order valence-corrected chi connectivity index (χ1v) is 12.0. The van der Waals surface area contributed by atoms with E-state index >= 15 is 0 Å². The van der Waals surface area contributed by atoms with Crippen LogP contribution in [0.5, 0.6) is 0 Å². The first-order chi connectivity index (χ1) is 13.5. The smallest absolute Gasteiger partial charge is 0.223 e. The summed E-state index contributed by atoms with van der Waals surface area (Å²) >= 11 is 0. The van der Waals surface area contributed by atoms with Gasteiger partial charge >= 0.3 is 0 Å². The summed E-state index contributed by atoms with van der Waals surface area (Å²) in [6, 6.07) is 2.42. The zero-order chi connectivity index (χ0) is 19.6. The average Bonchev–Trinajstić information content (AvgIpc) is 3.33. The minimum absolute atomic E-state index is 0.0267. The summed E-state index contributed by atoms with van der Waals surface area (Å²) in [5.41, 5.74) is 2.97. The lowest BCUT2D eigenvalue weighted by Crippen LogP contribution is -2.36. The van der Waals surface area contributed by atoms with Crippen molar-refractivity contribution in [3.05, 3.63) is 24.2 Å². The van der Waals surface area contributed by atoms with Crippen molar-refractivity contribution in [2.75, 3.05) is 11.6 Å². The second kappa shape index (κ2) is 8.16. The number of hydrogen-bond acceptors (Lipinski definition) is 6. The first kappa shape index (κ1) is 19.3. The standard InChI is InChI=1S/C19H28N6O2S/c1-28(26,27)25-15-8-6-13(7-9-15)18-16(12-21-24-18)17-10-11-20-19(23-17)22-14-4-2-3-5-14/h10-15,25H,2-9H2,1H3,(H,21,24)(H,20,22,23). The molecule has 0 atom stereocenters. The third-order valence-corrected chi connectivity index (χ3v) is 6.57. The van der Waals surface area contributed by atoms with Crippen LogP contribution in [0.3, 0.4) is 0 Å². The highest BCUT2D eigenvalue weighted by Gasteiger charge is 2.27. The van der Waals surface area contributed by atoms with Crippen LogP contribution >= 0.6 is 0 Å². The molecule has 4 rings (SSSR count). The van der Waals surface area contributed by atoms with Gasteiger partial charge in [0.15, 0.2) is 0 Å². The Balaban J connectivity index is 1.46. The van der Waals surface area contributed by atoms with Gasteiger partial charge in [0, 0.05) is 35.5 Å². The van der Waals surface area contributed by atoms with Gasteiger partial charge in [-0.1, -0.05) is 12.8 Å². The lowest BCUT2D eigenvalue weighted by Gasteiger charge is -2.28. The van der Waals surface area contributed by atoms with Gasteiger partial charge in [-0.25, -0.2) is 23.1 Å². The summed E-state index contributed by atoms with van der Waals surface area (Å²) in [4.78, 5) is 9.10. The van der Waals surface area contributed by atoms with Crippen molar-refractivity contribution in [3.63, 3.8) is 0 Å². The van der Waals surface area contributed by atoms with Gasteiger partial charge < -0.3 is 5.32 Å². The Bertz CT molecular complexity index is 899. The molecule has 2 fully saturated rings. The van der Waals surface area contributed by atoms with Crippen molar-refractivity contribution in [2.45, 2.75) is 69.4 Å². The number of nitrogens with zero attached hydrogens (tertiary/aromatic N) is 3. The topological polar surface area (TPSA) is 113 Å². The number of hydrogen-bond donors (Lipinski definition) is 3. The molecule has 0 amide bonds. The first-order valence-electron chi connectivity index (χ1n) is 10.1. The molecule has 2 aliphatic rings. The molecule has 0 spiro atoms. The number of rotatable bonds is 6. The molecule has 0 unspecified atom stereocenters. The molecule has 2 saturated carbocycles. The zero-order valence-electron chi connectivity index (χ0n) is 16.2. The summed E-state index contributed by atoms with van der Waals surface area (Å²) in [5.74, 6) is 1.01. The molecule has 2 aromatic rings. The van der Waals surface area contributed by atoms with Gasteiger partial charge in [0.1, 0.15) is 0 Å². The van der Waals surface area contributed by atoms with Gasteiger partial charge in [-0.3, -0.25) is 5.10 Å². The van der Waals surface area contributed by atoms with Crippen LogP contribution in [0.15, 0.2) is 18.5 Å². The maximum atomic E-state index is 11.5. The highest BCUT2D eigenvalue weighted by Crippen LogP contribution is 2.36. The Kier molecular flexibility index (Phi) is 5.63. The number of H-pyrrole nitrogens is 1. The number of aromatic nitrogens is 4.